The van der Waals surface area contributed by atoms with Crippen molar-refractivity contribution in [1.29, 1.82) is 0 Å². The summed E-state index contributed by atoms with van der Waals surface area (Å²) < 4.78 is 0. The number of benzene rings is 1. The van der Waals surface area contributed by atoms with Gasteiger partial charge in [0.2, 0.25) is 0 Å². The number of hydrogen-bond donors (Lipinski definition) is 1. The van der Waals surface area contributed by atoms with E-state index in [2.05, 4.69) is 43.1 Å². The van der Waals surface area contributed by atoms with E-state index < -0.39 is 0 Å². The van der Waals surface area contributed by atoms with Crippen molar-refractivity contribution >= 4 is 6.03 Å². The fraction of sp³-hybridized carbons (Fsp3) is 0.632. The third-order valence-corrected chi connectivity index (χ3v) is 4.27. The maximum Gasteiger partial charge on any atom is 0.318 e. The number of nitrogens with one attached hydrogen (secondary N) is 1. The van der Waals surface area contributed by atoms with Gasteiger partial charge in [0.25, 0.3) is 0 Å². The lowest BCUT2D eigenvalue weighted by molar-refractivity contribution is 0.186. The molecule has 0 saturated heterocycles. The van der Waals surface area contributed by atoms with Gasteiger partial charge in [0.05, 0.1) is 6.04 Å². The maximum absolute atomic E-state index is 12.7. The highest BCUT2D eigenvalue weighted by atomic mass is 16.2. The normalized spacial score (nSPS) is 15.6. The largest absolute Gasteiger partial charge is 0.331 e. The molecule has 2 amide bonds. The number of urea groups is 1. The van der Waals surface area contributed by atoms with Gasteiger partial charge in [-0.05, 0) is 37.2 Å². The van der Waals surface area contributed by atoms with Gasteiger partial charge in [-0.25, -0.2) is 4.79 Å². The van der Waals surface area contributed by atoms with Crippen LogP contribution in [0.1, 0.15) is 64.5 Å². The third kappa shape index (κ3) is 5.04. The van der Waals surface area contributed by atoms with Gasteiger partial charge in [-0.2, -0.15) is 0 Å². The molecule has 3 heteroatoms. The number of hydrogen-bond acceptors (Lipinski definition) is 1. The van der Waals surface area contributed by atoms with Gasteiger partial charge < -0.3 is 10.2 Å². The van der Waals surface area contributed by atoms with Crippen LogP contribution in [0.3, 0.4) is 0 Å². The van der Waals surface area contributed by atoms with E-state index in [0.717, 1.165) is 38.6 Å². The second-order valence-corrected chi connectivity index (χ2v) is 6.81. The first-order chi connectivity index (χ1) is 10.6. The summed E-state index contributed by atoms with van der Waals surface area (Å²) in [5, 5.41) is 3.27. The summed E-state index contributed by atoms with van der Waals surface area (Å²) in [5.74, 6) is 0.634. The Morgan fingerprint density at radius 3 is 2.45 bits per heavy atom. The molecule has 1 saturated carbocycles. The van der Waals surface area contributed by atoms with Crippen LogP contribution in [-0.4, -0.2) is 23.5 Å². The lowest BCUT2D eigenvalue weighted by Crippen LogP contribution is -2.43. The molecule has 1 aliphatic rings. The van der Waals surface area contributed by atoms with Crippen LogP contribution in [0.5, 0.6) is 0 Å². The van der Waals surface area contributed by atoms with E-state index in [4.69, 9.17) is 0 Å². The van der Waals surface area contributed by atoms with E-state index in [1.54, 1.807) is 0 Å². The Kier molecular flexibility index (Phi) is 6.29. The SMILES string of the molecule is CCCC(NC(=O)N(CCC(C)C)C1CC1)c1ccccc1. The van der Waals surface area contributed by atoms with Crippen LogP contribution in [0.25, 0.3) is 0 Å². The molecule has 1 aromatic rings. The van der Waals surface area contributed by atoms with Gasteiger partial charge in [-0.15, -0.1) is 0 Å². The zero-order valence-corrected chi connectivity index (χ0v) is 14.2. The Bertz CT molecular complexity index is 454. The Morgan fingerprint density at radius 1 is 1.23 bits per heavy atom. The Labute approximate surface area is 135 Å². The number of carbonyl (C=O) groups is 1. The average Bonchev–Trinajstić information content (AvgIpc) is 3.32. The molecule has 0 heterocycles. The fourth-order valence-electron chi connectivity index (χ4n) is 2.76. The minimum Gasteiger partial charge on any atom is -0.331 e. The van der Waals surface area contributed by atoms with Crippen LogP contribution in [0.2, 0.25) is 0 Å². The van der Waals surface area contributed by atoms with E-state index in [1.807, 2.05) is 18.2 Å². The molecule has 0 aliphatic heterocycles. The quantitative estimate of drug-likeness (QED) is 0.738. The molecule has 22 heavy (non-hydrogen) atoms. The Balaban J connectivity index is 1.99. The van der Waals surface area contributed by atoms with Crippen LogP contribution in [0, 0.1) is 5.92 Å². The third-order valence-electron chi connectivity index (χ3n) is 4.27. The second kappa shape index (κ2) is 8.21. The van der Waals surface area contributed by atoms with Crippen molar-refractivity contribution in [3.63, 3.8) is 0 Å². The summed E-state index contributed by atoms with van der Waals surface area (Å²) in [6.45, 7) is 7.47. The molecule has 0 spiro atoms. The van der Waals surface area contributed by atoms with Crippen LogP contribution >= 0.6 is 0 Å². The van der Waals surface area contributed by atoms with Crippen molar-refractivity contribution in [2.45, 2.75) is 65.0 Å². The van der Waals surface area contributed by atoms with E-state index in [0.29, 0.717) is 12.0 Å². The smallest absolute Gasteiger partial charge is 0.318 e. The molecule has 1 N–H and O–H groups in total. The molecule has 3 nitrogen and oxygen atoms in total. The van der Waals surface area contributed by atoms with Gasteiger partial charge in [-0.1, -0.05) is 57.5 Å². The lowest BCUT2D eigenvalue weighted by atomic mass is 10.0. The van der Waals surface area contributed by atoms with E-state index in [9.17, 15) is 4.79 Å². The van der Waals surface area contributed by atoms with Crippen molar-refractivity contribution < 1.29 is 4.79 Å². The molecule has 0 radical (unpaired) electrons. The fourth-order valence-corrected chi connectivity index (χ4v) is 2.76. The number of amides is 2. The maximum atomic E-state index is 12.7. The van der Waals surface area contributed by atoms with Crippen LogP contribution < -0.4 is 5.32 Å². The van der Waals surface area contributed by atoms with Crippen LogP contribution in [0.15, 0.2) is 30.3 Å². The molecule has 1 aromatic carbocycles. The number of carbonyl (C=O) groups excluding carboxylic acids is 1. The number of rotatable bonds is 8. The molecule has 122 valence electrons. The highest BCUT2D eigenvalue weighted by Crippen LogP contribution is 2.28. The minimum atomic E-state index is 0.116. The topological polar surface area (TPSA) is 32.3 Å². The van der Waals surface area contributed by atoms with Crippen LogP contribution in [-0.2, 0) is 0 Å². The molecule has 1 aliphatic carbocycles. The molecule has 2 rings (SSSR count). The lowest BCUT2D eigenvalue weighted by Gasteiger charge is -2.27. The Hall–Kier alpha value is -1.51. The molecule has 1 unspecified atom stereocenters. The first kappa shape index (κ1) is 16.9. The second-order valence-electron chi connectivity index (χ2n) is 6.81. The minimum absolute atomic E-state index is 0.116. The monoisotopic (exact) mass is 302 g/mol. The molecule has 0 aromatic heterocycles. The van der Waals surface area contributed by atoms with E-state index >= 15 is 0 Å². The van der Waals surface area contributed by atoms with Gasteiger partial charge in [-0.3, -0.25) is 0 Å². The van der Waals surface area contributed by atoms with E-state index in [1.165, 1.54) is 5.56 Å². The summed E-state index contributed by atoms with van der Waals surface area (Å²) in [4.78, 5) is 14.8. The summed E-state index contributed by atoms with van der Waals surface area (Å²) in [7, 11) is 0. The van der Waals surface area contributed by atoms with Crippen molar-refractivity contribution in [3.05, 3.63) is 35.9 Å². The Morgan fingerprint density at radius 2 is 1.91 bits per heavy atom. The van der Waals surface area contributed by atoms with Crippen molar-refractivity contribution in [1.82, 2.24) is 10.2 Å². The van der Waals surface area contributed by atoms with Gasteiger partial charge in [0.1, 0.15) is 0 Å². The first-order valence-electron chi connectivity index (χ1n) is 8.73. The summed E-state index contributed by atoms with van der Waals surface area (Å²) >= 11 is 0. The van der Waals surface area contributed by atoms with Gasteiger partial charge in [0, 0.05) is 12.6 Å². The molecular formula is C19H30N2O. The predicted molar refractivity (Wildman–Crippen MR) is 91.8 cm³/mol. The standard InChI is InChI=1S/C19H30N2O/c1-4-8-18(16-9-6-5-7-10-16)20-19(22)21(17-11-12-17)14-13-15(2)3/h5-7,9-10,15,17-18H,4,8,11-14H2,1-3H3,(H,20,22). The summed E-state index contributed by atoms with van der Waals surface area (Å²) in [5.41, 5.74) is 1.21. The summed E-state index contributed by atoms with van der Waals surface area (Å²) in [6.07, 6.45) is 5.45. The summed E-state index contributed by atoms with van der Waals surface area (Å²) in [6, 6.07) is 11.0. The average molecular weight is 302 g/mol. The first-order valence-corrected chi connectivity index (χ1v) is 8.73. The zero-order valence-electron chi connectivity index (χ0n) is 14.2. The molecule has 1 fully saturated rings. The van der Waals surface area contributed by atoms with Crippen molar-refractivity contribution in [2.75, 3.05) is 6.54 Å². The molecule has 1 atom stereocenters. The zero-order chi connectivity index (χ0) is 15.9. The number of nitrogens with zero attached hydrogens (tertiary/aromatic N) is 1. The predicted octanol–water partition coefficient (Wildman–Crippen LogP) is 4.75. The van der Waals surface area contributed by atoms with Crippen molar-refractivity contribution in [2.24, 2.45) is 5.92 Å². The highest BCUT2D eigenvalue weighted by molar-refractivity contribution is 5.75. The molecule has 0 bridgehead atoms. The van der Waals surface area contributed by atoms with E-state index in [-0.39, 0.29) is 12.1 Å². The van der Waals surface area contributed by atoms with Gasteiger partial charge >= 0.3 is 6.03 Å². The molecular weight excluding hydrogens is 272 g/mol. The highest BCUT2D eigenvalue weighted by Gasteiger charge is 2.33. The van der Waals surface area contributed by atoms with Crippen molar-refractivity contribution in [3.8, 4) is 0 Å². The van der Waals surface area contributed by atoms with Gasteiger partial charge in [0.15, 0.2) is 0 Å². The van der Waals surface area contributed by atoms with Crippen LogP contribution in [0.4, 0.5) is 4.79 Å².